The normalized spacial score (nSPS) is 18.4. The summed E-state index contributed by atoms with van der Waals surface area (Å²) in [7, 11) is 0. The summed E-state index contributed by atoms with van der Waals surface area (Å²) in [5.74, 6) is 1.73. The Morgan fingerprint density at radius 1 is 1.03 bits per heavy atom. The monoisotopic (exact) mass is 454 g/mol. The molecule has 0 heterocycles. The highest BCUT2D eigenvalue weighted by atomic mass is 19.1. The van der Waals surface area contributed by atoms with E-state index in [9.17, 15) is 9.18 Å². The van der Waals surface area contributed by atoms with Gasteiger partial charge in [0.05, 0.1) is 12.5 Å². The first-order valence-corrected chi connectivity index (χ1v) is 12.7. The number of ether oxygens (including phenoxy) is 2. The Morgan fingerprint density at radius 3 is 2.42 bits per heavy atom. The van der Waals surface area contributed by atoms with E-state index in [1.54, 1.807) is 18.2 Å². The lowest BCUT2D eigenvalue weighted by Crippen LogP contribution is -2.33. The Kier molecular flexibility index (Phi) is 9.77. The standard InChI is InChI=1S/C29H39FO3/c1-4-6-7-10-22-18-25(19-22)29(31)33-26-14-11-23(12-15-26)24-13-16-28(27(30)20-24)32-17-8-9-21(3)5-2/h11-16,20-22,25H,4-10,17-19H2,1-3H3/t21-,22?,25?/m0/s1. The van der Waals surface area contributed by atoms with E-state index in [-0.39, 0.29) is 17.7 Å². The first-order valence-electron chi connectivity index (χ1n) is 12.7. The molecule has 33 heavy (non-hydrogen) atoms. The predicted octanol–water partition coefficient (Wildman–Crippen LogP) is 8.21. The van der Waals surface area contributed by atoms with Crippen molar-refractivity contribution in [2.45, 2.75) is 78.6 Å². The number of unbranched alkanes of at least 4 members (excludes halogenated alkanes) is 2. The maximum Gasteiger partial charge on any atom is 0.314 e. The van der Waals surface area contributed by atoms with Crippen molar-refractivity contribution in [3.8, 4) is 22.6 Å². The zero-order valence-electron chi connectivity index (χ0n) is 20.4. The van der Waals surface area contributed by atoms with Crippen LogP contribution in [0.2, 0.25) is 0 Å². The zero-order valence-corrected chi connectivity index (χ0v) is 20.4. The molecule has 0 aliphatic heterocycles. The van der Waals surface area contributed by atoms with Gasteiger partial charge >= 0.3 is 5.97 Å². The number of esters is 1. The summed E-state index contributed by atoms with van der Waals surface area (Å²) < 4.78 is 25.7. The zero-order chi connectivity index (χ0) is 23.6. The molecule has 3 rings (SSSR count). The van der Waals surface area contributed by atoms with Crippen LogP contribution >= 0.6 is 0 Å². The van der Waals surface area contributed by atoms with Gasteiger partial charge in [-0.15, -0.1) is 0 Å². The Morgan fingerprint density at radius 2 is 1.76 bits per heavy atom. The molecule has 0 radical (unpaired) electrons. The molecule has 1 fully saturated rings. The van der Waals surface area contributed by atoms with Gasteiger partial charge in [0.25, 0.3) is 0 Å². The number of carbonyl (C=O) groups excluding carboxylic acids is 1. The van der Waals surface area contributed by atoms with Crippen LogP contribution in [0.25, 0.3) is 11.1 Å². The molecule has 0 saturated heterocycles. The molecule has 2 aromatic carbocycles. The van der Waals surface area contributed by atoms with E-state index >= 15 is 0 Å². The summed E-state index contributed by atoms with van der Waals surface area (Å²) >= 11 is 0. The highest BCUT2D eigenvalue weighted by molar-refractivity contribution is 5.76. The van der Waals surface area contributed by atoms with Crippen molar-refractivity contribution in [1.29, 1.82) is 0 Å². The summed E-state index contributed by atoms with van der Waals surface area (Å²) in [5, 5.41) is 0. The minimum atomic E-state index is -0.356. The van der Waals surface area contributed by atoms with Gasteiger partial charge in [0.2, 0.25) is 0 Å². The van der Waals surface area contributed by atoms with Crippen molar-refractivity contribution in [1.82, 2.24) is 0 Å². The van der Waals surface area contributed by atoms with Crippen LogP contribution < -0.4 is 9.47 Å². The van der Waals surface area contributed by atoms with Crippen LogP contribution in [0.3, 0.4) is 0 Å². The van der Waals surface area contributed by atoms with Gasteiger partial charge in [0.1, 0.15) is 5.75 Å². The quantitative estimate of drug-likeness (QED) is 0.174. The predicted molar refractivity (Wildman–Crippen MR) is 132 cm³/mol. The lowest BCUT2D eigenvalue weighted by molar-refractivity contribution is -0.143. The van der Waals surface area contributed by atoms with Gasteiger partial charge in [-0.2, -0.15) is 0 Å². The van der Waals surface area contributed by atoms with Crippen molar-refractivity contribution >= 4 is 5.97 Å². The van der Waals surface area contributed by atoms with Crippen molar-refractivity contribution in [2.24, 2.45) is 17.8 Å². The maximum absolute atomic E-state index is 14.5. The third kappa shape index (κ3) is 7.58. The molecule has 0 amide bonds. The van der Waals surface area contributed by atoms with Gasteiger partial charge < -0.3 is 9.47 Å². The molecule has 180 valence electrons. The van der Waals surface area contributed by atoms with Crippen LogP contribution in [0.5, 0.6) is 11.5 Å². The van der Waals surface area contributed by atoms with E-state index in [0.717, 1.165) is 43.2 Å². The van der Waals surface area contributed by atoms with Gasteiger partial charge in [-0.3, -0.25) is 4.79 Å². The van der Waals surface area contributed by atoms with E-state index in [2.05, 4.69) is 20.8 Å². The minimum absolute atomic E-state index is 0.0307. The fourth-order valence-electron chi connectivity index (χ4n) is 4.38. The highest BCUT2D eigenvalue weighted by Gasteiger charge is 2.35. The molecule has 2 aromatic rings. The number of halogens is 1. The van der Waals surface area contributed by atoms with Gasteiger partial charge in [0, 0.05) is 0 Å². The second-order valence-corrected chi connectivity index (χ2v) is 9.62. The SMILES string of the molecule is CCCCCC1CC(C(=O)Oc2ccc(-c3ccc(OCCC[C@@H](C)CC)c(F)c3)cc2)C1. The number of benzene rings is 2. The smallest absolute Gasteiger partial charge is 0.314 e. The van der Waals surface area contributed by atoms with Crippen molar-refractivity contribution in [2.75, 3.05) is 6.61 Å². The van der Waals surface area contributed by atoms with E-state index in [0.29, 0.717) is 29.9 Å². The summed E-state index contributed by atoms with van der Waals surface area (Å²) in [6.45, 7) is 7.14. The fraction of sp³-hybridized carbons (Fsp3) is 0.552. The van der Waals surface area contributed by atoms with Gasteiger partial charge in [-0.1, -0.05) is 71.1 Å². The van der Waals surface area contributed by atoms with Gasteiger partial charge in [-0.05, 0) is 72.9 Å². The largest absolute Gasteiger partial charge is 0.491 e. The van der Waals surface area contributed by atoms with Gasteiger partial charge in [-0.25, -0.2) is 4.39 Å². The Balaban J connectivity index is 1.46. The fourth-order valence-corrected chi connectivity index (χ4v) is 4.38. The van der Waals surface area contributed by atoms with Crippen LogP contribution in [0.15, 0.2) is 42.5 Å². The first kappa shape index (κ1) is 25.3. The molecular weight excluding hydrogens is 415 g/mol. The van der Waals surface area contributed by atoms with Crippen LogP contribution in [-0.2, 0) is 4.79 Å². The molecule has 1 aliphatic rings. The molecule has 0 N–H and O–H groups in total. The third-order valence-electron chi connectivity index (χ3n) is 6.92. The highest BCUT2D eigenvalue weighted by Crippen LogP contribution is 2.38. The Labute approximate surface area is 198 Å². The molecule has 1 saturated carbocycles. The second kappa shape index (κ2) is 12.8. The van der Waals surface area contributed by atoms with E-state index in [1.807, 2.05) is 18.2 Å². The maximum atomic E-state index is 14.5. The van der Waals surface area contributed by atoms with Crippen molar-refractivity contribution in [3.05, 3.63) is 48.3 Å². The molecule has 1 aliphatic carbocycles. The van der Waals surface area contributed by atoms with E-state index in [4.69, 9.17) is 9.47 Å². The van der Waals surface area contributed by atoms with Crippen LogP contribution in [0.1, 0.15) is 78.6 Å². The molecule has 4 heteroatoms. The molecule has 0 spiro atoms. The molecule has 0 bridgehead atoms. The number of carbonyl (C=O) groups is 1. The minimum Gasteiger partial charge on any atom is -0.491 e. The topological polar surface area (TPSA) is 35.5 Å². The average Bonchev–Trinajstić information content (AvgIpc) is 2.79. The second-order valence-electron chi connectivity index (χ2n) is 9.62. The van der Waals surface area contributed by atoms with Crippen molar-refractivity contribution < 1.29 is 18.7 Å². The molecule has 1 atom stereocenters. The summed E-state index contributed by atoms with van der Waals surface area (Å²) in [5.41, 5.74) is 1.64. The molecule has 0 aromatic heterocycles. The Bertz CT molecular complexity index is 871. The third-order valence-corrected chi connectivity index (χ3v) is 6.92. The number of hydrogen-bond acceptors (Lipinski definition) is 3. The van der Waals surface area contributed by atoms with Crippen LogP contribution in [-0.4, -0.2) is 12.6 Å². The summed E-state index contributed by atoms with van der Waals surface area (Å²) in [4.78, 5) is 12.4. The average molecular weight is 455 g/mol. The number of rotatable bonds is 13. The van der Waals surface area contributed by atoms with Crippen LogP contribution in [0.4, 0.5) is 4.39 Å². The summed E-state index contributed by atoms with van der Waals surface area (Å²) in [6.07, 6.45) is 10.1. The first-order chi connectivity index (χ1) is 16.0. The van der Waals surface area contributed by atoms with E-state index < -0.39 is 0 Å². The Hall–Kier alpha value is -2.36. The van der Waals surface area contributed by atoms with Gasteiger partial charge in [0.15, 0.2) is 11.6 Å². The molecular formula is C29H39FO3. The van der Waals surface area contributed by atoms with E-state index in [1.165, 1.54) is 31.7 Å². The number of hydrogen-bond donors (Lipinski definition) is 0. The summed E-state index contributed by atoms with van der Waals surface area (Å²) in [6, 6.07) is 12.3. The lowest BCUT2D eigenvalue weighted by Gasteiger charge is -2.33. The lowest BCUT2D eigenvalue weighted by atomic mass is 9.72. The van der Waals surface area contributed by atoms with Crippen molar-refractivity contribution in [3.63, 3.8) is 0 Å². The molecule has 3 nitrogen and oxygen atoms in total. The van der Waals surface area contributed by atoms with Crippen LogP contribution in [0, 0.1) is 23.6 Å². The molecule has 0 unspecified atom stereocenters.